The summed E-state index contributed by atoms with van der Waals surface area (Å²) in [6, 6.07) is 0. The lowest BCUT2D eigenvalue weighted by molar-refractivity contribution is 0.0499. The number of unbranched alkanes of at least 4 members (excludes halogenated alkanes) is 5. The Bertz CT molecular complexity index is 643. The summed E-state index contributed by atoms with van der Waals surface area (Å²) in [6.45, 7) is 6.42. The standard InChI is InChI=1S/C17H23FO2S2/c1-4-5-6-7-8-9-10-20-17(19)16-14(18)13-11(2)21-12(3)15(13)22-16/h4-10H2,1-3H3. The van der Waals surface area contributed by atoms with Gasteiger partial charge in [0.25, 0.3) is 0 Å². The lowest BCUT2D eigenvalue weighted by Gasteiger charge is -2.03. The highest BCUT2D eigenvalue weighted by Gasteiger charge is 2.23. The van der Waals surface area contributed by atoms with E-state index in [0.717, 1.165) is 27.3 Å². The SMILES string of the molecule is CCCCCCCCOC(=O)c1sc2c(C)sc(C)c2c1F. The number of halogens is 1. The van der Waals surface area contributed by atoms with Crippen molar-refractivity contribution in [1.29, 1.82) is 0 Å². The van der Waals surface area contributed by atoms with Gasteiger partial charge < -0.3 is 4.74 Å². The zero-order valence-electron chi connectivity index (χ0n) is 13.5. The summed E-state index contributed by atoms with van der Waals surface area (Å²) >= 11 is 2.79. The number of rotatable bonds is 8. The van der Waals surface area contributed by atoms with E-state index in [1.807, 2.05) is 13.8 Å². The average Bonchev–Trinajstić information content (AvgIpc) is 2.97. The van der Waals surface area contributed by atoms with Crippen LogP contribution in [0.3, 0.4) is 0 Å². The van der Waals surface area contributed by atoms with Gasteiger partial charge in [0.1, 0.15) is 4.88 Å². The van der Waals surface area contributed by atoms with E-state index < -0.39 is 11.8 Å². The molecular formula is C17H23FO2S2. The third-order valence-electron chi connectivity index (χ3n) is 3.74. The number of carbonyl (C=O) groups excluding carboxylic acids is 1. The predicted molar refractivity (Wildman–Crippen MR) is 92.8 cm³/mol. The average molecular weight is 343 g/mol. The molecule has 0 unspecified atom stereocenters. The summed E-state index contributed by atoms with van der Waals surface area (Å²) in [5.74, 6) is -0.925. The molecule has 0 aliphatic heterocycles. The molecular weight excluding hydrogens is 319 g/mol. The molecule has 0 fully saturated rings. The zero-order chi connectivity index (χ0) is 16.1. The van der Waals surface area contributed by atoms with E-state index in [1.165, 1.54) is 37.0 Å². The van der Waals surface area contributed by atoms with Crippen molar-refractivity contribution in [3.05, 3.63) is 20.4 Å². The minimum Gasteiger partial charge on any atom is -0.461 e. The van der Waals surface area contributed by atoms with E-state index in [-0.39, 0.29) is 4.88 Å². The summed E-state index contributed by atoms with van der Waals surface area (Å²) in [5, 5.41) is 0.596. The van der Waals surface area contributed by atoms with E-state index in [4.69, 9.17) is 4.74 Å². The number of ether oxygens (including phenoxy) is 1. The number of carbonyl (C=O) groups is 1. The third kappa shape index (κ3) is 3.87. The molecule has 0 aliphatic rings. The molecule has 2 heterocycles. The van der Waals surface area contributed by atoms with Crippen LogP contribution in [-0.4, -0.2) is 12.6 Å². The van der Waals surface area contributed by atoms with Crippen molar-refractivity contribution in [2.24, 2.45) is 0 Å². The predicted octanol–water partition coefficient (Wildman–Crippen LogP) is 6.24. The highest BCUT2D eigenvalue weighted by atomic mass is 32.1. The summed E-state index contributed by atoms with van der Waals surface area (Å²) in [6.07, 6.45) is 6.81. The molecule has 2 rings (SSSR count). The Morgan fingerprint density at radius 2 is 1.73 bits per heavy atom. The van der Waals surface area contributed by atoms with Crippen molar-refractivity contribution in [2.45, 2.75) is 59.3 Å². The van der Waals surface area contributed by atoms with Gasteiger partial charge in [-0.1, -0.05) is 39.0 Å². The molecule has 2 aromatic rings. The van der Waals surface area contributed by atoms with Gasteiger partial charge >= 0.3 is 5.97 Å². The molecule has 2 aromatic heterocycles. The normalized spacial score (nSPS) is 11.3. The number of hydrogen-bond acceptors (Lipinski definition) is 4. The van der Waals surface area contributed by atoms with Crippen LogP contribution in [-0.2, 0) is 4.74 Å². The second-order valence-electron chi connectivity index (χ2n) is 5.57. The minimum absolute atomic E-state index is 0.120. The van der Waals surface area contributed by atoms with Crippen molar-refractivity contribution in [1.82, 2.24) is 0 Å². The molecule has 0 N–H and O–H groups in total. The number of fused-ring (bicyclic) bond motifs is 1. The molecule has 0 saturated heterocycles. The van der Waals surface area contributed by atoms with Crippen molar-refractivity contribution in [2.75, 3.05) is 6.61 Å². The molecule has 5 heteroatoms. The lowest BCUT2D eigenvalue weighted by Crippen LogP contribution is -2.06. The Morgan fingerprint density at radius 3 is 2.41 bits per heavy atom. The molecule has 0 aromatic carbocycles. The quantitative estimate of drug-likeness (QED) is 0.419. The van der Waals surface area contributed by atoms with E-state index in [2.05, 4.69) is 6.92 Å². The maximum Gasteiger partial charge on any atom is 0.351 e. The van der Waals surface area contributed by atoms with Gasteiger partial charge in [0.05, 0.1) is 11.3 Å². The second-order valence-corrected chi connectivity index (χ2v) is 8.02. The van der Waals surface area contributed by atoms with Gasteiger partial charge in [0.2, 0.25) is 0 Å². The van der Waals surface area contributed by atoms with Crippen molar-refractivity contribution in [3.63, 3.8) is 0 Å². The van der Waals surface area contributed by atoms with Gasteiger partial charge in [0, 0.05) is 15.1 Å². The molecule has 0 amide bonds. The molecule has 0 spiro atoms. The van der Waals surface area contributed by atoms with Crippen LogP contribution in [0.2, 0.25) is 0 Å². The maximum atomic E-state index is 14.4. The van der Waals surface area contributed by atoms with Gasteiger partial charge in [-0.3, -0.25) is 0 Å². The molecule has 0 aliphatic carbocycles. The first kappa shape index (κ1) is 17.4. The fourth-order valence-electron chi connectivity index (χ4n) is 2.54. The third-order valence-corrected chi connectivity index (χ3v) is 6.16. The van der Waals surface area contributed by atoms with Crippen molar-refractivity contribution >= 4 is 38.7 Å². The van der Waals surface area contributed by atoms with Crippen LogP contribution in [0.15, 0.2) is 0 Å². The van der Waals surface area contributed by atoms with Crippen LogP contribution in [0.1, 0.15) is 64.9 Å². The highest BCUT2D eigenvalue weighted by Crippen LogP contribution is 2.39. The maximum absolute atomic E-state index is 14.4. The Balaban J connectivity index is 1.88. The van der Waals surface area contributed by atoms with E-state index in [9.17, 15) is 9.18 Å². The van der Waals surface area contributed by atoms with E-state index in [1.54, 1.807) is 11.3 Å². The number of thiophene rings is 2. The van der Waals surface area contributed by atoms with Gasteiger partial charge in [-0.05, 0) is 20.3 Å². The molecule has 122 valence electrons. The van der Waals surface area contributed by atoms with E-state index >= 15 is 0 Å². The topological polar surface area (TPSA) is 26.3 Å². The molecule has 0 saturated carbocycles. The number of esters is 1. The van der Waals surface area contributed by atoms with Crippen LogP contribution >= 0.6 is 22.7 Å². The monoisotopic (exact) mass is 342 g/mol. The van der Waals surface area contributed by atoms with Crippen LogP contribution in [0.25, 0.3) is 10.1 Å². The number of hydrogen-bond donors (Lipinski definition) is 0. The summed E-state index contributed by atoms with van der Waals surface area (Å²) < 4.78 is 20.5. The van der Waals surface area contributed by atoms with Crippen molar-refractivity contribution in [3.8, 4) is 0 Å². The number of aryl methyl sites for hydroxylation is 2. The molecule has 0 atom stereocenters. The summed E-state index contributed by atoms with van der Waals surface area (Å²) in [5.41, 5.74) is 0. The van der Waals surface area contributed by atoms with Gasteiger partial charge in [-0.2, -0.15) is 0 Å². The molecule has 22 heavy (non-hydrogen) atoms. The van der Waals surface area contributed by atoms with Gasteiger partial charge in [0.15, 0.2) is 5.82 Å². The first-order valence-electron chi connectivity index (χ1n) is 7.91. The fourth-order valence-corrected chi connectivity index (χ4v) is 4.83. The highest BCUT2D eigenvalue weighted by molar-refractivity contribution is 7.25. The van der Waals surface area contributed by atoms with Crippen LogP contribution in [0.5, 0.6) is 0 Å². The molecule has 2 nitrogen and oxygen atoms in total. The summed E-state index contributed by atoms with van der Waals surface area (Å²) in [4.78, 5) is 14.2. The smallest absolute Gasteiger partial charge is 0.351 e. The molecule has 0 bridgehead atoms. The summed E-state index contributed by atoms with van der Waals surface area (Å²) in [7, 11) is 0. The Labute approximate surface area is 139 Å². The van der Waals surface area contributed by atoms with Crippen LogP contribution in [0.4, 0.5) is 4.39 Å². The first-order valence-corrected chi connectivity index (χ1v) is 9.54. The van der Waals surface area contributed by atoms with Crippen LogP contribution in [0, 0.1) is 19.7 Å². The lowest BCUT2D eigenvalue weighted by atomic mass is 10.1. The fraction of sp³-hybridized carbons (Fsp3) is 0.588. The van der Waals surface area contributed by atoms with Crippen molar-refractivity contribution < 1.29 is 13.9 Å². The van der Waals surface area contributed by atoms with Gasteiger partial charge in [-0.25, -0.2) is 9.18 Å². The van der Waals surface area contributed by atoms with E-state index in [0.29, 0.717) is 12.0 Å². The molecule has 0 radical (unpaired) electrons. The minimum atomic E-state index is -0.518. The van der Waals surface area contributed by atoms with Crippen LogP contribution < -0.4 is 0 Å². The Hall–Kier alpha value is -0.940. The second kappa shape index (κ2) is 8.06. The first-order chi connectivity index (χ1) is 10.6. The Kier molecular flexibility index (Phi) is 6.38. The van der Waals surface area contributed by atoms with Gasteiger partial charge in [-0.15, -0.1) is 22.7 Å². The Morgan fingerprint density at radius 1 is 1.05 bits per heavy atom. The zero-order valence-corrected chi connectivity index (χ0v) is 15.1. The largest absolute Gasteiger partial charge is 0.461 e.